The number of anilines is 1. The molecule has 1 aromatic rings. The van der Waals surface area contributed by atoms with Crippen molar-refractivity contribution in [2.24, 2.45) is 0 Å². The predicted molar refractivity (Wildman–Crippen MR) is 53.7 cm³/mol. The van der Waals surface area contributed by atoms with Gasteiger partial charge in [0, 0.05) is 20.3 Å². The standard InChI is InChI=1S/C8H11N3O2S/c1-11(2)7-9-3-6(14-7)5-4-13-8(12)10-5/h3,5H,4H2,1-2H3,(H,10,12). The molecule has 1 fully saturated rings. The van der Waals surface area contributed by atoms with Gasteiger partial charge in [0.15, 0.2) is 5.13 Å². The van der Waals surface area contributed by atoms with Crippen LogP contribution in [0, 0.1) is 0 Å². The molecule has 0 saturated carbocycles. The number of nitrogens with zero attached hydrogens (tertiary/aromatic N) is 2. The Bertz CT molecular complexity index is 350. The summed E-state index contributed by atoms with van der Waals surface area (Å²) in [7, 11) is 3.87. The van der Waals surface area contributed by atoms with Crippen LogP contribution >= 0.6 is 11.3 Å². The molecule has 5 nitrogen and oxygen atoms in total. The Morgan fingerprint density at radius 2 is 2.50 bits per heavy atom. The summed E-state index contributed by atoms with van der Waals surface area (Å²) in [5.41, 5.74) is 0. The van der Waals surface area contributed by atoms with Gasteiger partial charge in [-0.2, -0.15) is 0 Å². The molecule has 76 valence electrons. The average molecular weight is 213 g/mol. The monoisotopic (exact) mass is 213 g/mol. The molecule has 1 aliphatic rings. The van der Waals surface area contributed by atoms with Crippen molar-refractivity contribution in [2.75, 3.05) is 25.6 Å². The lowest BCUT2D eigenvalue weighted by atomic mass is 10.3. The zero-order valence-corrected chi connectivity index (χ0v) is 8.80. The number of rotatable bonds is 2. The van der Waals surface area contributed by atoms with E-state index < -0.39 is 0 Å². The number of carbonyl (C=O) groups is 1. The molecule has 1 amide bonds. The molecule has 6 heteroatoms. The maximum Gasteiger partial charge on any atom is 0.407 e. The van der Waals surface area contributed by atoms with Crippen molar-refractivity contribution in [3.63, 3.8) is 0 Å². The van der Waals surface area contributed by atoms with Gasteiger partial charge in [0.1, 0.15) is 12.6 Å². The smallest absolute Gasteiger partial charge is 0.407 e. The molecular weight excluding hydrogens is 202 g/mol. The number of ether oxygens (including phenoxy) is 1. The molecule has 0 aliphatic carbocycles. The number of amides is 1. The number of thiazole rings is 1. The fourth-order valence-corrected chi connectivity index (χ4v) is 2.06. The molecule has 1 aromatic heterocycles. The summed E-state index contributed by atoms with van der Waals surface area (Å²) in [6.07, 6.45) is 1.43. The number of aromatic nitrogens is 1. The van der Waals surface area contributed by atoms with Crippen molar-refractivity contribution in [2.45, 2.75) is 6.04 Å². The second-order valence-electron chi connectivity index (χ2n) is 3.24. The van der Waals surface area contributed by atoms with Gasteiger partial charge in [-0.05, 0) is 0 Å². The average Bonchev–Trinajstić information content (AvgIpc) is 2.70. The summed E-state index contributed by atoms with van der Waals surface area (Å²) in [5.74, 6) is 0. The number of carbonyl (C=O) groups excluding carboxylic acids is 1. The van der Waals surface area contributed by atoms with Crippen LogP contribution in [0.25, 0.3) is 0 Å². The van der Waals surface area contributed by atoms with E-state index in [0.29, 0.717) is 6.61 Å². The summed E-state index contributed by atoms with van der Waals surface area (Å²) in [6, 6.07) is -0.0336. The maximum absolute atomic E-state index is 10.8. The second-order valence-corrected chi connectivity index (χ2v) is 4.28. The molecule has 1 N–H and O–H groups in total. The Morgan fingerprint density at radius 1 is 1.71 bits per heavy atom. The minimum Gasteiger partial charge on any atom is -0.447 e. The third kappa shape index (κ3) is 1.65. The maximum atomic E-state index is 10.8. The van der Waals surface area contributed by atoms with Crippen molar-refractivity contribution < 1.29 is 9.53 Å². The van der Waals surface area contributed by atoms with Crippen LogP contribution in [0.2, 0.25) is 0 Å². The minimum atomic E-state index is -0.352. The molecule has 2 heterocycles. The molecule has 0 radical (unpaired) electrons. The molecule has 1 atom stereocenters. The van der Waals surface area contributed by atoms with E-state index in [4.69, 9.17) is 4.74 Å². The summed E-state index contributed by atoms with van der Waals surface area (Å²) in [4.78, 5) is 18.0. The highest BCUT2D eigenvalue weighted by molar-refractivity contribution is 7.15. The largest absolute Gasteiger partial charge is 0.447 e. The second kappa shape index (κ2) is 3.45. The topological polar surface area (TPSA) is 54.5 Å². The van der Waals surface area contributed by atoms with E-state index in [-0.39, 0.29) is 12.1 Å². The van der Waals surface area contributed by atoms with Crippen LogP contribution < -0.4 is 10.2 Å². The van der Waals surface area contributed by atoms with Gasteiger partial charge in [0.2, 0.25) is 0 Å². The van der Waals surface area contributed by atoms with Crippen LogP contribution in [0.4, 0.5) is 9.93 Å². The van der Waals surface area contributed by atoms with E-state index in [9.17, 15) is 4.79 Å². The first-order valence-electron chi connectivity index (χ1n) is 4.23. The van der Waals surface area contributed by atoms with Crippen LogP contribution in [-0.2, 0) is 4.74 Å². The molecule has 2 rings (SSSR count). The Balaban J connectivity index is 2.13. The third-order valence-electron chi connectivity index (χ3n) is 1.91. The van der Waals surface area contributed by atoms with Crippen LogP contribution in [-0.4, -0.2) is 31.8 Å². The van der Waals surface area contributed by atoms with Gasteiger partial charge in [-0.3, -0.25) is 0 Å². The summed E-state index contributed by atoms with van der Waals surface area (Å²) >= 11 is 1.56. The first kappa shape index (κ1) is 9.26. The van der Waals surface area contributed by atoms with Gasteiger partial charge < -0.3 is 15.0 Å². The molecule has 0 bridgehead atoms. The van der Waals surface area contributed by atoms with Gasteiger partial charge in [-0.25, -0.2) is 9.78 Å². The molecule has 0 spiro atoms. The van der Waals surface area contributed by atoms with E-state index in [0.717, 1.165) is 10.0 Å². The third-order valence-corrected chi connectivity index (χ3v) is 3.19. The summed E-state index contributed by atoms with van der Waals surface area (Å²) in [5, 5.41) is 3.64. The lowest BCUT2D eigenvalue weighted by molar-refractivity contribution is 0.177. The number of nitrogens with one attached hydrogen (secondary N) is 1. The highest BCUT2D eigenvalue weighted by Crippen LogP contribution is 2.27. The molecule has 14 heavy (non-hydrogen) atoms. The van der Waals surface area contributed by atoms with Crippen molar-refractivity contribution in [3.8, 4) is 0 Å². The lowest BCUT2D eigenvalue weighted by Gasteiger charge is -2.06. The Morgan fingerprint density at radius 3 is 3.00 bits per heavy atom. The number of hydrogen-bond acceptors (Lipinski definition) is 5. The molecular formula is C8H11N3O2S. The highest BCUT2D eigenvalue weighted by Gasteiger charge is 2.25. The fraction of sp³-hybridized carbons (Fsp3) is 0.500. The Hall–Kier alpha value is -1.30. The van der Waals surface area contributed by atoms with Gasteiger partial charge in [-0.1, -0.05) is 11.3 Å². The van der Waals surface area contributed by atoms with Crippen LogP contribution in [0.3, 0.4) is 0 Å². The van der Waals surface area contributed by atoms with Crippen molar-refractivity contribution in [3.05, 3.63) is 11.1 Å². The molecule has 0 aromatic carbocycles. The Kier molecular flexibility index (Phi) is 2.28. The number of cyclic esters (lactones) is 1. The van der Waals surface area contributed by atoms with Crippen LogP contribution in [0.5, 0.6) is 0 Å². The highest BCUT2D eigenvalue weighted by atomic mass is 32.1. The molecule has 1 saturated heterocycles. The zero-order valence-electron chi connectivity index (χ0n) is 7.98. The van der Waals surface area contributed by atoms with E-state index in [1.807, 2.05) is 19.0 Å². The quantitative estimate of drug-likeness (QED) is 0.796. The van der Waals surface area contributed by atoms with Gasteiger partial charge in [-0.15, -0.1) is 0 Å². The van der Waals surface area contributed by atoms with Crippen molar-refractivity contribution in [1.82, 2.24) is 10.3 Å². The SMILES string of the molecule is CN(C)c1ncc(C2COC(=O)N2)s1. The lowest BCUT2D eigenvalue weighted by Crippen LogP contribution is -2.17. The predicted octanol–water partition coefficient (Wildman–Crippen LogP) is 0.990. The van der Waals surface area contributed by atoms with Crippen molar-refractivity contribution >= 4 is 22.6 Å². The summed E-state index contributed by atoms with van der Waals surface area (Å²) < 4.78 is 4.80. The number of alkyl carbamates (subject to hydrolysis) is 1. The molecule has 1 aliphatic heterocycles. The zero-order chi connectivity index (χ0) is 10.1. The first-order chi connectivity index (χ1) is 6.66. The van der Waals surface area contributed by atoms with Gasteiger partial charge in [0.25, 0.3) is 0 Å². The van der Waals surface area contributed by atoms with Crippen LogP contribution in [0.15, 0.2) is 6.20 Å². The van der Waals surface area contributed by atoms with E-state index in [2.05, 4.69) is 10.3 Å². The fourth-order valence-electron chi connectivity index (χ4n) is 1.18. The van der Waals surface area contributed by atoms with Gasteiger partial charge in [0.05, 0.1) is 4.88 Å². The Labute approximate surface area is 85.7 Å². The minimum absolute atomic E-state index is 0.0336. The van der Waals surface area contributed by atoms with Crippen LogP contribution in [0.1, 0.15) is 10.9 Å². The first-order valence-corrected chi connectivity index (χ1v) is 5.05. The van der Waals surface area contributed by atoms with E-state index in [1.54, 1.807) is 17.5 Å². The number of hydrogen-bond donors (Lipinski definition) is 1. The normalized spacial score (nSPS) is 20.4. The van der Waals surface area contributed by atoms with E-state index in [1.165, 1.54) is 0 Å². The molecule has 1 unspecified atom stereocenters. The van der Waals surface area contributed by atoms with Crippen molar-refractivity contribution in [1.29, 1.82) is 0 Å². The van der Waals surface area contributed by atoms with Gasteiger partial charge >= 0.3 is 6.09 Å². The van der Waals surface area contributed by atoms with E-state index >= 15 is 0 Å². The summed E-state index contributed by atoms with van der Waals surface area (Å²) in [6.45, 7) is 0.397.